The Hall–Kier alpha value is -2.58. The largest absolute Gasteiger partial charge is 0.480 e. The van der Waals surface area contributed by atoms with Crippen LogP contribution in [-0.2, 0) is 4.79 Å². The smallest absolute Gasteiger partial charge is 0.326 e. The van der Waals surface area contributed by atoms with Gasteiger partial charge in [0.15, 0.2) is 0 Å². The minimum atomic E-state index is -1.60. The van der Waals surface area contributed by atoms with E-state index in [1.54, 1.807) is 0 Å². The van der Waals surface area contributed by atoms with Crippen LogP contribution < -0.4 is 0 Å². The van der Waals surface area contributed by atoms with E-state index in [4.69, 9.17) is 5.11 Å². The lowest BCUT2D eigenvalue weighted by Crippen LogP contribution is -2.41. The molecule has 0 aliphatic carbocycles. The van der Waals surface area contributed by atoms with E-state index < -0.39 is 45.7 Å². The lowest BCUT2D eigenvalue weighted by molar-refractivity contribution is -0.387. The van der Waals surface area contributed by atoms with E-state index in [9.17, 15) is 28.5 Å². The number of benzene rings is 1. The molecule has 112 valence electrons. The summed E-state index contributed by atoms with van der Waals surface area (Å²) in [5.74, 6) is -5.34. The lowest BCUT2D eigenvalue weighted by Gasteiger charge is -2.21. The summed E-state index contributed by atoms with van der Waals surface area (Å²) in [4.78, 5) is 33.5. The molecule has 0 saturated carbocycles. The second kappa shape index (κ2) is 5.43. The van der Waals surface area contributed by atoms with E-state index in [1.807, 2.05) is 0 Å². The van der Waals surface area contributed by atoms with Crippen molar-refractivity contribution in [3.8, 4) is 0 Å². The van der Waals surface area contributed by atoms with Crippen molar-refractivity contribution in [3.05, 3.63) is 39.4 Å². The van der Waals surface area contributed by atoms with Crippen LogP contribution in [-0.4, -0.2) is 39.4 Å². The summed E-state index contributed by atoms with van der Waals surface area (Å²) in [5, 5.41) is 19.6. The molecule has 1 atom stereocenters. The molecule has 9 heteroatoms. The van der Waals surface area contributed by atoms with Crippen molar-refractivity contribution in [1.82, 2.24) is 4.90 Å². The number of nitro benzene ring substituents is 1. The third kappa shape index (κ3) is 2.54. The fourth-order valence-corrected chi connectivity index (χ4v) is 2.29. The van der Waals surface area contributed by atoms with Gasteiger partial charge in [-0.1, -0.05) is 0 Å². The first-order valence-corrected chi connectivity index (χ1v) is 6.00. The molecule has 1 aliphatic heterocycles. The fourth-order valence-electron chi connectivity index (χ4n) is 2.29. The van der Waals surface area contributed by atoms with Crippen LogP contribution in [0.1, 0.15) is 23.2 Å². The van der Waals surface area contributed by atoms with Crippen molar-refractivity contribution in [2.45, 2.75) is 18.9 Å². The average Bonchev–Trinajstić information content (AvgIpc) is 2.87. The number of amides is 1. The molecule has 0 unspecified atom stereocenters. The molecule has 0 radical (unpaired) electrons. The van der Waals surface area contributed by atoms with Crippen LogP contribution in [0.3, 0.4) is 0 Å². The zero-order valence-corrected chi connectivity index (χ0v) is 10.6. The normalized spacial score (nSPS) is 17.8. The highest BCUT2D eigenvalue weighted by Crippen LogP contribution is 2.27. The Morgan fingerprint density at radius 2 is 2.05 bits per heavy atom. The van der Waals surface area contributed by atoms with Gasteiger partial charge in [0.2, 0.25) is 5.82 Å². The molecule has 0 bridgehead atoms. The molecule has 0 spiro atoms. The van der Waals surface area contributed by atoms with Gasteiger partial charge in [-0.3, -0.25) is 14.9 Å². The molecule has 1 aromatic carbocycles. The zero-order chi connectivity index (χ0) is 15.7. The number of aliphatic carboxylic acids is 1. The number of carbonyl (C=O) groups excluding carboxylic acids is 1. The number of carbonyl (C=O) groups is 2. The first-order valence-electron chi connectivity index (χ1n) is 6.00. The number of nitro groups is 1. The molecule has 1 heterocycles. The van der Waals surface area contributed by atoms with Crippen LogP contribution in [0.25, 0.3) is 0 Å². The molecule has 1 saturated heterocycles. The van der Waals surface area contributed by atoms with Crippen molar-refractivity contribution >= 4 is 17.6 Å². The topological polar surface area (TPSA) is 101 Å². The van der Waals surface area contributed by atoms with Gasteiger partial charge in [0.1, 0.15) is 17.4 Å². The third-order valence-corrected chi connectivity index (χ3v) is 3.28. The van der Waals surface area contributed by atoms with Crippen molar-refractivity contribution in [2.24, 2.45) is 0 Å². The number of hydrogen-bond donors (Lipinski definition) is 1. The number of hydrogen-bond acceptors (Lipinski definition) is 4. The second-order valence-corrected chi connectivity index (χ2v) is 4.51. The summed E-state index contributed by atoms with van der Waals surface area (Å²) < 4.78 is 27.6. The Bertz CT molecular complexity index is 634. The van der Waals surface area contributed by atoms with Gasteiger partial charge in [-0.15, -0.1) is 0 Å². The van der Waals surface area contributed by atoms with Gasteiger partial charge in [0, 0.05) is 12.6 Å². The third-order valence-electron chi connectivity index (χ3n) is 3.28. The van der Waals surface area contributed by atoms with Crippen LogP contribution >= 0.6 is 0 Å². The van der Waals surface area contributed by atoms with Crippen LogP contribution in [0.15, 0.2) is 12.1 Å². The van der Waals surface area contributed by atoms with E-state index in [2.05, 4.69) is 0 Å². The molecule has 2 rings (SSSR count). The average molecular weight is 300 g/mol. The van der Waals surface area contributed by atoms with Gasteiger partial charge in [-0.25, -0.2) is 9.18 Å². The standard InChI is InChI=1S/C12H10F2N2O5/c13-6-3-4-7(16(20)21)10(14)9(6)11(17)15-5-1-2-8(15)12(18)19/h3-4,8H,1-2,5H2,(H,18,19)/t8-/m1/s1. The summed E-state index contributed by atoms with van der Waals surface area (Å²) in [5.41, 5.74) is -2.14. The number of likely N-dealkylation sites (tertiary alicyclic amines) is 1. The molecule has 21 heavy (non-hydrogen) atoms. The molecule has 0 aromatic heterocycles. The summed E-state index contributed by atoms with van der Waals surface area (Å²) >= 11 is 0. The van der Waals surface area contributed by atoms with Crippen LogP contribution in [0, 0.1) is 21.7 Å². The minimum Gasteiger partial charge on any atom is -0.480 e. The summed E-state index contributed by atoms with van der Waals surface area (Å²) in [6.45, 7) is 0.0252. The summed E-state index contributed by atoms with van der Waals surface area (Å²) in [6, 6.07) is 0.0380. The summed E-state index contributed by atoms with van der Waals surface area (Å²) in [7, 11) is 0. The Kier molecular flexibility index (Phi) is 3.83. The SMILES string of the molecule is O=C(O)[C@H]1CCCN1C(=O)c1c(F)ccc([N+](=O)[O-])c1F. The molecular weight excluding hydrogens is 290 g/mol. The molecular formula is C12H10F2N2O5. The van der Waals surface area contributed by atoms with Crippen LogP contribution in [0.2, 0.25) is 0 Å². The lowest BCUT2D eigenvalue weighted by atomic mass is 10.1. The number of carboxylic acids is 1. The highest BCUT2D eigenvalue weighted by Gasteiger charge is 2.38. The predicted molar refractivity (Wildman–Crippen MR) is 64.7 cm³/mol. The molecule has 1 aliphatic rings. The van der Waals surface area contributed by atoms with Crippen molar-refractivity contribution in [2.75, 3.05) is 6.54 Å². The molecule has 7 nitrogen and oxygen atoms in total. The minimum absolute atomic E-state index is 0.0252. The zero-order valence-electron chi connectivity index (χ0n) is 10.6. The van der Waals surface area contributed by atoms with Gasteiger partial charge < -0.3 is 10.0 Å². The van der Waals surface area contributed by atoms with Crippen LogP contribution in [0.4, 0.5) is 14.5 Å². The van der Waals surface area contributed by atoms with E-state index in [0.717, 1.165) is 4.90 Å². The van der Waals surface area contributed by atoms with Gasteiger partial charge in [-0.2, -0.15) is 4.39 Å². The number of halogens is 2. The number of rotatable bonds is 3. The molecule has 1 amide bonds. The Labute approximate surface area is 116 Å². The monoisotopic (exact) mass is 300 g/mol. The predicted octanol–water partition coefficient (Wildman–Crippen LogP) is 1.56. The van der Waals surface area contributed by atoms with Crippen molar-refractivity contribution < 1.29 is 28.4 Å². The highest BCUT2D eigenvalue weighted by atomic mass is 19.1. The maximum absolute atomic E-state index is 13.9. The fraction of sp³-hybridized carbons (Fsp3) is 0.333. The Morgan fingerprint density at radius 3 is 2.62 bits per heavy atom. The first-order chi connectivity index (χ1) is 9.84. The maximum atomic E-state index is 13.9. The highest BCUT2D eigenvalue weighted by molar-refractivity contribution is 5.98. The molecule has 1 aromatic rings. The first kappa shape index (κ1) is 14.8. The molecule has 1 N–H and O–H groups in total. The van der Waals surface area contributed by atoms with Gasteiger partial charge in [0.05, 0.1) is 4.92 Å². The molecule has 1 fully saturated rings. The van der Waals surface area contributed by atoms with Gasteiger partial charge >= 0.3 is 11.7 Å². The van der Waals surface area contributed by atoms with Crippen molar-refractivity contribution in [3.63, 3.8) is 0 Å². The van der Waals surface area contributed by atoms with Crippen molar-refractivity contribution in [1.29, 1.82) is 0 Å². The Morgan fingerprint density at radius 1 is 1.38 bits per heavy atom. The van der Waals surface area contributed by atoms with Crippen LogP contribution in [0.5, 0.6) is 0 Å². The number of carboxylic acid groups (broad SMARTS) is 1. The van der Waals surface area contributed by atoms with E-state index >= 15 is 0 Å². The van der Waals surface area contributed by atoms with E-state index in [-0.39, 0.29) is 13.0 Å². The number of nitrogens with zero attached hydrogens (tertiary/aromatic N) is 2. The quantitative estimate of drug-likeness (QED) is 0.674. The maximum Gasteiger partial charge on any atom is 0.326 e. The summed E-state index contributed by atoms with van der Waals surface area (Å²) in [6.07, 6.45) is 0.542. The second-order valence-electron chi connectivity index (χ2n) is 4.51. The van der Waals surface area contributed by atoms with Gasteiger partial charge in [0.25, 0.3) is 5.91 Å². The van der Waals surface area contributed by atoms with E-state index in [1.165, 1.54) is 0 Å². The van der Waals surface area contributed by atoms with E-state index in [0.29, 0.717) is 18.6 Å². The van der Waals surface area contributed by atoms with Gasteiger partial charge in [-0.05, 0) is 18.9 Å². The Balaban J connectivity index is 2.46.